The van der Waals surface area contributed by atoms with Gasteiger partial charge in [-0.05, 0) is 51.7 Å². The van der Waals surface area contributed by atoms with E-state index in [2.05, 4.69) is 5.32 Å². The lowest BCUT2D eigenvalue weighted by Gasteiger charge is -2.47. The summed E-state index contributed by atoms with van der Waals surface area (Å²) in [5.74, 6) is -0.335. The number of nitrogens with one attached hydrogen (secondary N) is 1. The van der Waals surface area contributed by atoms with Crippen molar-refractivity contribution in [2.24, 2.45) is 5.92 Å². The van der Waals surface area contributed by atoms with E-state index in [1.165, 1.54) is 7.11 Å². The highest BCUT2D eigenvalue weighted by molar-refractivity contribution is 6.42. The highest BCUT2D eigenvalue weighted by Crippen LogP contribution is 2.47. The monoisotopic (exact) mass is 577 g/mol. The lowest BCUT2D eigenvalue weighted by Crippen LogP contribution is -2.70. The number of ether oxygens (including phenoxy) is 3. The molecule has 0 radical (unpaired) electrons. The van der Waals surface area contributed by atoms with Gasteiger partial charge in [0.1, 0.15) is 17.6 Å². The summed E-state index contributed by atoms with van der Waals surface area (Å²) >= 11 is 13.0. The highest BCUT2D eigenvalue weighted by atomic mass is 35.5. The number of carbonyl (C=O) groups excluding carboxylic acids is 2. The summed E-state index contributed by atoms with van der Waals surface area (Å²) in [7, 11) is 1.49. The fraction of sp³-hybridized carbons (Fsp3) is 0.680. The van der Waals surface area contributed by atoms with Gasteiger partial charge >= 0.3 is 6.09 Å². The van der Waals surface area contributed by atoms with Gasteiger partial charge in [0, 0.05) is 38.9 Å². The highest BCUT2D eigenvalue weighted by Gasteiger charge is 2.50. The number of halogens is 2. The second kappa shape index (κ2) is 12.5. The molecule has 0 saturated carbocycles. The van der Waals surface area contributed by atoms with Crippen LogP contribution >= 0.6 is 23.2 Å². The average molecular weight is 578 g/mol. The van der Waals surface area contributed by atoms with E-state index < -0.39 is 35.5 Å². The molecule has 214 valence electrons. The summed E-state index contributed by atoms with van der Waals surface area (Å²) in [6.45, 7) is 5.28. The minimum Gasteiger partial charge on any atom is -0.467 e. The van der Waals surface area contributed by atoms with E-state index in [1.807, 2.05) is 0 Å². The fourth-order valence-corrected chi connectivity index (χ4v) is 5.21. The van der Waals surface area contributed by atoms with Crippen LogP contribution in [0, 0.1) is 5.92 Å². The molecule has 1 aromatic rings. The van der Waals surface area contributed by atoms with Gasteiger partial charge in [-0.2, -0.15) is 0 Å². The molecule has 0 aliphatic carbocycles. The normalized spacial score (nSPS) is 22.1. The molecule has 4 N–H and O–H groups in total. The number of benzene rings is 1. The molecule has 2 heterocycles. The maximum absolute atomic E-state index is 13.2. The third-order valence-corrected chi connectivity index (χ3v) is 7.31. The summed E-state index contributed by atoms with van der Waals surface area (Å²) in [5.41, 5.74) is -1.83. The van der Waals surface area contributed by atoms with Crippen LogP contribution < -0.4 is 10.1 Å². The summed E-state index contributed by atoms with van der Waals surface area (Å²) in [6, 6.07) is 2.73. The van der Waals surface area contributed by atoms with Crippen molar-refractivity contribution in [1.82, 2.24) is 15.1 Å². The van der Waals surface area contributed by atoms with Crippen molar-refractivity contribution in [3.05, 3.63) is 27.7 Å². The number of hydrogen-bond donors (Lipinski definition) is 4. The minimum atomic E-state index is -1.63. The first-order valence-electron chi connectivity index (χ1n) is 12.4. The summed E-state index contributed by atoms with van der Waals surface area (Å²) in [5, 5.41) is 33.2. The smallest absolute Gasteiger partial charge is 0.410 e. The van der Waals surface area contributed by atoms with E-state index in [0.29, 0.717) is 22.8 Å². The first-order valence-corrected chi connectivity index (χ1v) is 13.2. The SMILES string of the molecule is COCOc1ccc(Cl)c(Cl)c1[C@H]1C[C@@H](CC(O)N2CC(O)(C(=O)NCCO)C2)CN1C(=O)OC(C)(C)C. The van der Waals surface area contributed by atoms with Crippen molar-refractivity contribution in [3.63, 3.8) is 0 Å². The van der Waals surface area contributed by atoms with Crippen molar-refractivity contribution in [3.8, 4) is 5.75 Å². The number of β-amino-alcohol motifs (C(OH)–C–C–N with tert-alkyl or cyclic N) is 1. The number of hydrogen-bond acceptors (Lipinski definition) is 9. The summed E-state index contributed by atoms with van der Waals surface area (Å²) < 4.78 is 16.4. The molecule has 1 unspecified atom stereocenters. The first kappa shape index (κ1) is 30.7. The van der Waals surface area contributed by atoms with E-state index in [1.54, 1.807) is 42.7 Å². The zero-order valence-corrected chi connectivity index (χ0v) is 23.6. The molecule has 11 nitrogen and oxygen atoms in total. The quantitative estimate of drug-likeness (QED) is 0.308. The maximum Gasteiger partial charge on any atom is 0.410 e. The molecule has 0 spiro atoms. The largest absolute Gasteiger partial charge is 0.467 e. The summed E-state index contributed by atoms with van der Waals surface area (Å²) in [4.78, 5) is 28.5. The molecule has 13 heteroatoms. The lowest BCUT2D eigenvalue weighted by molar-refractivity contribution is -0.181. The Hall–Kier alpha value is -1.86. The molecule has 0 aromatic heterocycles. The lowest BCUT2D eigenvalue weighted by atomic mass is 9.90. The number of likely N-dealkylation sites (tertiary alicyclic amines) is 2. The molecule has 38 heavy (non-hydrogen) atoms. The number of carbonyl (C=O) groups is 2. The Labute approximate surface area is 232 Å². The second-order valence-electron chi connectivity index (χ2n) is 10.7. The Bertz CT molecular complexity index is 1000. The van der Waals surface area contributed by atoms with Crippen LogP contribution in [-0.4, -0.2) is 101 Å². The molecule has 2 saturated heterocycles. The molecule has 2 fully saturated rings. The summed E-state index contributed by atoms with van der Waals surface area (Å²) in [6.07, 6.45) is -0.776. The van der Waals surface area contributed by atoms with Gasteiger partial charge in [0.15, 0.2) is 12.4 Å². The number of amides is 2. The van der Waals surface area contributed by atoms with Crippen LogP contribution in [0.3, 0.4) is 0 Å². The average Bonchev–Trinajstić information content (AvgIpc) is 3.23. The predicted octanol–water partition coefficient (Wildman–Crippen LogP) is 2.14. The van der Waals surface area contributed by atoms with Crippen molar-refractivity contribution < 1.29 is 39.1 Å². The van der Waals surface area contributed by atoms with Gasteiger partial charge in [0.25, 0.3) is 5.91 Å². The number of methoxy groups -OCH3 is 1. The van der Waals surface area contributed by atoms with Crippen LogP contribution in [-0.2, 0) is 14.3 Å². The van der Waals surface area contributed by atoms with Crippen LogP contribution in [0.25, 0.3) is 0 Å². The van der Waals surface area contributed by atoms with Crippen LogP contribution in [0.1, 0.15) is 45.2 Å². The number of aliphatic hydroxyl groups is 3. The van der Waals surface area contributed by atoms with Gasteiger partial charge in [0.05, 0.1) is 22.7 Å². The molecule has 3 rings (SSSR count). The van der Waals surface area contributed by atoms with Gasteiger partial charge in [-0.1, -0.05) is 23.2 Å². The van der Waals surface area contributed by atoms with E-state index >= 15 is 0 Å². The fourth-order valence-electron chi connectivity index (χ4n) is 4.76. The molecule has 1 aromatic carbocycles. The number of nitrogens with zero attached hydrogens (tertiary/aromatic N) is 2. The number of rotatable bonds is 10. The Morgan fingerprint density at radius 3 is 2.55 bits per heavy atom. The van der Waals surface area contributed by atoms with E-state index in [9.17, 15) is 19.8 Å². The van der Waals surface area contributed by atoms with Crippen molar-refractivity contribution >= 4 is 35.2 Å². The van der Waals surface area contributed by atoms with E-state index in [4.69, 9.17) is 42.5 Å². The van der Waals surface area contributed by atoms with Crippen molar-refractivity contribution in [1.29, 1.82) is 0 Å². The molecule has 2 aliphatic heterocycles. The second-order valence-corrected chi connectivity index (χ2v) is 11.5. The van der Waals surface area contributed by atoms with Crippen LogP contribution in [0.4, 0.5) is 4.79 Å². The van der Waals surface area contributed by atoms with Crippen molar-refractivity contribution in [2.45, 2.75) is 57.1 Å². The van der Waals surface area contributed by atoms with Gasteiger partial charge in [-0.3, -0.25) is 9.69 Å². The van der Waals surface area contributed by atoms with Crippen LogP contribution in [0.2, 0.25) is 10.0 Å². The topological polar surface area (TPSA) is 141 Å². The Morgan fingerprint density at radius 1 is 1.26 bits per heavy atom. The number of aliphatic hydroxyl groups excluding tert-OH is 2. The molecule has 2 amide bonds. The molecule has 2 aliphatic rings. The van der Waals surface area contributed by atoms with E-state index in [0.717, 1.165) is 0 Å². The van der Waals surface area contributed by atoms with E-state index in [-0.39, 0.29) is 56.9 Å². The maximum atomic E-state index is 13.2. The molecule has 0 bridgehead atoms. The molecular formula is C25H37Cl2N3O8. The Morgan fingerprint density at radius 2 is 1.95 bits per heavy atom. The zero-order valence-electron chi connectivity index (χ0n) is 22.1. The Kier molecular flexibility index (Phi) is 10.1. The predicted molar refractivity (Wildman–Crippen MR) is 140 cm³/mol. The van der Waals surface area contributed by atoms with Gasteiger partial charge < -0.3 is 39.7 Å². The third kappa shape index (κ3) is 7.20. The molecule has 3 atom stereocenters. The minimum absolute atomic E-state index is 0.0317. The third-order valence-electron chi connectivity index (χ3n) is 6.49. The Balaban J connectivity index is 1.78. The van der Waals surface area contributed by atoms with Crippen molar-refractivity contribution in [2.75, 3.05) is 46.7 Å². The standard InChI is InChI=1S/C25H37Cl2N3O8/c1-24(2,3)38-23(34)30-11-15(10-19(32)29-12-25(35,13-29)22(33)28-7-8-31)9-17(30)20-18(37-14-36-4)6-5-16(26)21(20)27/h5-6,15,17,19,31-32,35H,7-14H2,1-4H3,(H,28,33)/t15-,17+,19?/m0/s1. The van der Waals surface area contributed by atoms with Gasteiger partial charge in [-0.25, -0.2) is 4.79 Å². The van der Waals surface area contributed by atoms with Gasteiger partial charge in [0.2, 0.25) is 0 Å². The molecular weight excluding hydrogens is 541 g/mol. The van der Waals surface area contributed by atoms with Gasteiger partial charge in [-0.15, -0.1) is 0 Å². The first-order chi connectivity index (χ1) is 17.8. The van der Waals surface area contributed by atoms with Crippen LogP contribution in [0.15, 0.2) is 12.1 Å². The zero-order chi connectivity index (χ0) is 28.3. The van der Waals surface area contributed by atoms with Crippen LogP contribution in [0.5, 0.6) is 5.75 Å².